The van der Waals surface area contributed by atoms with Crippen molar-refractivity contribution in [2.45, 2.75) is 50.7 Å². The Kier molecular flexibility index (Phi) is 7.12. The number of aryl methyl sites for hydroxylation is 1. The SMILES string of the molecule is Cc1ccc(OC(F)(F)c2c(F)cc(-c3ccc(C4CCC(C[Si])CC4)cc3)cc2F)cc1F. The number of hydrogen-bond acceptors (Lipinski definition) is 1. The van der Waals surface area contributed by atoms with E-state index in [0.717, 1.165) is 56.0 Å². The van der Waals surface area contributed by atoms with Crippen LogP contribution in [0.4, 0.5) is 22.0 Å². The van der Waals surface area contributed by atoms with Gasteiger partial charge in [0.05, 0.1) is 0 Å². The standard InChI is InChI=1S/C27H24F5OSi/c1-16-2-11-22(14-23(16)28)33-27(31,32)26-24(29)12-21(13-25(26)30)20-9-7-19(8-10-20)18-5-3-17(15-34)4-6-18/h2,7-14,17-18H,3-6,15H2,1H3. The first kappa shape index (κ1) is 24.5. The molecule has 1 aliphatic rings. The topological polar surface area (TPSA) is 9.23 Å². The largest absolute Gasteiger partial charge is 0.432 e. The normalized spacial score (nSPS) is 18.7. The van der Waals surface area contributed by atoms with Gasteiger partial charge >= 0.3 is 6.11 Å². The van der Waals surface area contributed by atoms with Crippen molar-refractivity contribution in [3.8, 4) is 16.9 Å². The highest BCUT2D eigenvalue weighted by atomic mass is 28.1. The Morgan fingerprint density at radius 3 is 2.00 bits per heavy atom. The first-order valence-corrected chi connectivity index (χ1v) is 12.0. The number of hydrogen-bond donors (Lipinski definition) is 0. The van der Waals surface area contributed by atoms with E-state index in [2.05, 4.69) is 15.0 Å². The minimum absolute atomic E-state index is 0.144. The van der Waals surface area contributed by atoms with Crippen molar-refractivity contribution >= 4 is 10.2 Å². The third-order valence-electron chi connectivity index (χ3n) is 6.57. The lowest BCUT2D eigenvalue weighted by Gasteiger charge is -2.28. The lowest BCUT2D eigenvalue weighted by atomic mass is 9.79. The van der Waals surface area contributed by atoms with Gasteiger partial charge in [-0.3, -0.25) is 0 Å². The van der Waals surface area contributed by atoms with Crippen LogP contribution in [-0.2, 0) is 6.11 Å². The summed E-state index contributed by atoms with van der Waals surface area (Å²) in [6.07, 6.45) is 0.156. The van der Waals surface area contributed by atoms with Crippen molar-refractivity contribution in [3.05, 3.63) is 88.7 Å². The summed E-state index contributed by atoms with van der Waals surface area (Å²) in [6.45, 7) is 1.46. The smallest absolute Gasteiger partial charge is 0.429 e. The van der Waals surface area contributed by atoms with E-state index in [1.54, 1.807) is 12.1 Å². The lowest BCUT2D eigenvalue weighted by Crippen LogP contribution is -2.25. The molecule has 1 aliphatic carbocycles. The maximum absolute atomic E-state index is 14.7. The molecule has 0 unspecified atom stereocenters. The Labute approximate surface area is 199 Å². The molecule has 34 heavy (non-hydrogen) atoms. The zero-order chi connectivity index (χ0) is 24.5. The molecule has 0 N–H and O–H groups in total. The molecule has 1 fully saturated rings. The van der Waals surface area contributed by atoms with Gasteiger partial charge in [0.2, 0.25) is 0 Å². The van der Waals surface area contributed by atoms with Crippen LogP contribution in [-0.4, -0.2) is 10.2 Å². The van der Waals surface area contributed by atoms with Gasteiger partial charge in [-0.05, 0) is 72.1 Å². The van der Waals surface area contributed by atoms with Gasteiger partial charge in [-0.1, -0.05) is 49.2 Å². The number of benzene rings is 3. The fraction of sp³-hybridized carbons (Fsp3) is 0.333. The van der Waals surface area contributed by atoms with Crippen LogP contribution in [0, 0.1) is 30.3 Å². The average Bonchev–Trinajstić information content (AvgIpc) is 2.81. The van der Waals surface area contributed by atoms with E-state index in [1.165, 1.54) is 18.6 Å². The zero-order valence-corrected chi connectivity index (χ0v) is 19.7. The van der Waals surface area contributed by atoms with E-state index < -0.39 is 34.9 Å². The minimum atomic E-state index is -4.33. The molecule has 3 aromatic carbocycles. The van der Waals surface area contributed by atoms with Gasteiger partial charge in [-0.25, -0.2) is 13.2 Å². The van der Waals surface area contributed by atoms with Gasteiger partial charge in [-0.2, -0.15) is 8.78 Å². The summed E-state index contributed by atoms with van der Waals surface area (Å²) < 4.78 is 76.8. The fourth-order valence-electron chi connectivity index (χ4n) is 4.50. The summed E-state index contributed by atoms with van der Waals surface area (Å²) in [4.78, 5) is 0. The molecule has 1 nitrogen and oxygen atoms in total. The van der Waals surface area contributed by atoms with Crippen molar-refractivity contribution in [1.82, 2.24) is 0 Å². The molecule has 0 heterocycles. The van der Waals surface area contributed by atoms with E-state index in [-0.39, 0.29) is 11.1 Å². The van der Waals surface area contributed by atoms with Crippen molar-refractivity contribution < 1.29 is 26.7 Å². The van der Waals surface area contributed by atoms with Gasteiger partial charge in [0.15, 0.2) is 0 Å². The van der Waals surface area contributed by atoms with Gasteiger partial charge in [0.25, 0.3) is 0 Å². The van der Waals surface area contributed by atoms with E-state index in [1.807, 2.05) is 12.1 Å². The van der Waals surface area contributed by atoms with Crippen molar-refractivity contribution in [2.24, 2.45) is 5.92 Å². The summed E-state index contributed by atoms with van der Waals surface area (Å²) in [6, 6.07) is 13.2. The highest BCUT2D eigenvalue weighted by Crippen LogP contribution is 2.39. The van der Waals surface area contributed by atoms with Crippen LogP contribution in [0.25, 0.3) is 11.1 Å². The van der Waals surface area contributed by atoms with Crippen molar-refractivity contribution in [2.75, 3.05) is 0 Å². The quantitative estimate of drug-likeness (QED) is 0.252. The number of halogens is 5. The predicted octanol–water partition coefficient (Wildman–Crippen LogP) is 8.07. The monoisotopic (exact) mass is 487 g/mol. The average molecular weight is 488 g/mol. The van der Waals surface area contributed by atoms with Gasteiger partial charge in [0, 0.05) is 16.3 Å². The highest BCUT2D eigenvalue weighted by Gasteiger charge is 2.41. The number of rotatable bonds is 6. The van der Waals surface area contributed by atoms with E-state index >= 15 is 0 Å². The van der Waals surface area contributed by atoms with Gasteiger partial charge in [-0.15, -0.1) is 0 Å². The molecule has 3 aromatic rings. The molecule has 0 atom stereocenters. The Morgan fingerprint density at radius 2 is 1.44 bits per heavy atom. The second kappa shape index (κ2) is 9.90. The lowest BCUT2D eigenvalue weighted by molar-refractivity contribution is -0.189. The number of alkyl halides is 2. The summed E-state index contributed by atoms with van der Waals surface area (Å²) in [7, 11) is 3.59. The van der Waals surface area contributed by atoms with Gasteiger partial charge < -0.3 is 4.74 Å². The molecule has 177 valence electrons. The summed E-state index contributed by atoms with van der Waals surface area (Å²) >= 11 is 0. The molecule has 4 rings (SSSR count). The van der Waals surface area contributed by atoms with Crippen LogP contribution < -0.4 is 4.74 Å². The second-order valence-corrected chi connectivity index (χ2v) is 9.30. The third kappa shape index (κ3) is 5.19. The van der Waals surface area contributed by atoms with E-state index in [0.29, 0.717) is 17.4 Å². The zero-order valence-electron chi connectivity index (χ0n) is 18.7. The van der Waals surface area contributed by atoms with Gasteiger partial charge in [0.1, 0.15) is 28.8 Å². The third-order valence-corrected chi connectivity index (χ3v) is 7.15. The van der Waals surface area contributed by atoms with Crippen LogP contribution >= 0.6 is 0 Å². The maximum Gasteiger partial charge on any atom is 0.432 e. The first-order chi connectivity index (χ1) is 16.2. The maximum atomic E-state index is 14.7. The second-order valence-electron chi connectivity index (χ2n) is 8.89. The van der Waals surface area contributed by atoms with E-state index in [4.69, 9.17) is 0 Å². The van der Waals surface area contributed by atoms with Crippen LogP contribution in [0.5, 0.6) is 5.75 Å². The van der Waals surface area contributed by atoms with Crippen LogP contribution in [0.3, 0.4) is 0 Å². The van der Waals surface area contributed by atoms with Crippen molar-refractivity contribution in [3.63, 3.8) is 0 Å². The number of ether oxygens (including phenoxy) is 1. The highest BCUT2D eigenvalue weighted by molar-refractivity contribution is 6.08. The Hall–Kier alpha value is -2.67. The minimum Gasteiger partial charge on any atom is -0.429 e. The molecule has 1 saturated carbocycles. The van der Waals surface area contributed by atoms with Crippen LogP contribution in [0.2, 0.25) is 6.04 Å². The van der Waals surface area contributed by atoms with Crippen LogP contribution in [0.1, 0.15) is 48.3 Å². The predicted molar refractivity (Wildman–Crippen MR) is 123 cm³/mol. The van der Waals surface area contributed by atoms with E-state index in [9.17, 15) is 22.0 Å². The van der Waals surface area contributed by atoms with Crippen LogP contribution in [0.15, 0.2) is 54.6 Å². The molecule has 0 aliphatic heterocycles. The fourth-order valence-corrected chi connectivity index (χ4v) is 4.91. The molecular formula is C27H24F5OSi. The first-order valence-electron chi connectivity index (χ1n) is 11.3. The molecular weight excluding hydrogens is 463 g/mol. The Bertz CT molecular complexity index is 1130. The van der Waals surface area contributed by atoms with Crippen molar-refractivity contribution in [1.29, 1.82) is 0 Å². The molecule has 0 aromatic heterocycles. The summed E-state index contributed by atoms with van der Waals surface area (Å²) in [5, 5.41) is 0. The Balaban J connectivity index is 1.54. The molecule has 7 heteroatoms. The molecule has 0 bridgehead atoms. The molecule has 0 amide bonds. The summed E-state index contributed by atoms with van der Waals surface area (Å²) in [5.74, 6) is -3.03. The molecule has 3 radical (unpaired) electrons. The summed E-state index contributed by atoms with van der Waals surface area (Å²) in [5.41, 5.74) is 0.545. The molecule has 0 spiro atoms. The molecule has 0 saturated heterocycles. The Morgan fingerprint density at radius 1 is 0.824 bits per heavy atom.